The number of nitrogens with two attached hydrogens (primary N) is 1. The fourth-order valence-corrected chi connectivity index (χ4v) is 3.36. The number of non-ortho nitro benzene ring substituents is 1. The summed E-state index contributed by atoms with van der Waals surface area (Å²) >= 11 is 5.16. The summed E-state index contributed by atoms with van der Waals surface area (Å²) < 4.78 is 0. The number of hydrogen-bond acceptors (Lipinski definition) is 12. The molecule has 5 aromatic rings. The van der Waals surface area contributed by atoms with Crippen molar-refractivity contribution >= 4 is 82.1 Å². The van der Waals surface area contributed by atoms with Crippen LogP contribution in [0.15, 0.2) is 133 Å². The topological polar surface area (TPSA) is 439 Å². The second kappa shape index (κ2) is 43.2. The van der Waals surface area contributed by atoms with E-state index in [4.69, 9.17) is 86.6 Å². The highest BCUT2D eigenvalue weighted by Crippen LogP contribution is 2.11. The Morgan fingerprint density at radius 2 is 0.794 bits per heavy atom. The number of benzene rings is 5. The van der Waals surface area contributed by atoms with Gasteiger partial charge in [0.25, 0.3) is 23.3 Å². The maximum atomic E-state index is 11.8. The van der Waals surface area contributed by atoms with E-state index in [1.165, 1.54) is 23.3 Å². The molecule has 0 fully saturated rings. The molecule has 0 aliphatic heterocycles. The Bertz CT molecular complexity index is 2130. The van der Waals surface area contributed by atoms with Gasteiger partial charge in [-0.15, -0.1) is 0 Å². The smallest absolute Gasteiger partial charge is 0.414 e. The largest absolute Gasteiger partial charge is 0.483 e. The fourth-order valence-electron chi connectivity index (χ4n) is 3.23. The highest BCUT2D eigenvalue weighted by molar-refractivity contribution is 6.67. The van der Waals surface area contributed by atoms with Gasteiger partial charge >= 0.3 is 35.8 Å². The molecule has 0 aromatic heterocycles. The maximum absolute atomic E-state index is 11.8. The minimum atomic E-state index is -1.82. The van der Waals surface area contributed by atoms with E-state index in [0.29, 0.717) is 11.1 Å². The number of nitrogens with zero attached hydrogens (tertiary/aromatic N) is 1. The van der Waals surface area contributed by atoms with E-state index in [9.17, 15) is 19.7 Å². The molecule has 0 spiro atoms. The molecule has 23 nitrogen and oxygen atoms in total. The van der Waals surface area contributed by atoms with Gasteiger partial charge in [0.1, 0.15) is 0 Å². The molecule has 24 heteroatoms. The van der Waals surface area contributed by atoms with Crippen LogP contribution in [0.5, 0.6) is 0 Å². The molecule has 0 unspecified atom stereocenters. The lowest BCUT2D eigenvalue weighted by Crippen LogP contribution is -2.11. The first-order chi connectivity index (χ1) is 29.9. The summed E-state index contributed by atoms with van der Waals surface area (Å²) in [5.41, 5.74) is 11.9. The van der Waals surface area contributed by atoms with Gasteiger partial charge in [-0.2, -0.15) is 0 Å². The highest BCUT2D eigenvalue weighted by Gasteiger charge is 2.06. The number of aliphatic carboxylic acids is 6. The zero-order chi connectivity index (χ0) is 49.8. The normalized spacial score (nSPS) is 8.06. The van der Waals surface area contributed by atoms with Crippen molar-refractivity contribution in [3.63, 3.8) is 0 Å². The number of nitrogen functional groups attached to an aromatic ring is 1. The van der Waals surface area contributed by atoms with Crippen molar-refractivity contribution in [1.82, 2.24) is 0 Å². The highest BCUT2D eigenvalue weighted by atomic mass is 35.5. The molecule has 5 aromatic carbocycles. The SMILES string of the molecule is C.C.Cc1ccc(N)cc1.Cc1ccc(NC(=O)c2ccccc2)cc1.Cc1ccc([N+](=O)[O-])cc1.O.O.O=C(Cl)c1ccccc1.O=C(O)C(=O)O.O=C(O)C(=O)O.O=C(O)C(=O)O.O=CO. The molecule has 0 heterocycles. The van der Waals surface area contributed by atoms with Gasteiger partial charge in [-0.1, -0.05) is 116 Å². The number of amides is 1. The van der Waals surface area contributed by atoms with E-state index in [0.717, 1.165) is 16.9 Å². The quantitative estimate of drug-likeness (QED) is 0.0265. The molecule has 68 heavy (non-hydrogen) atoms. The summed E-state index contributed by atoms with van der Waals surface area (Å²) in [7, 11) is 0. The molecule has 0 aliphatic rings. The van der Waals surface area contributed by atoms with Crippen LogP contribution in [0.25, 0.3) is 0 Å². The average molecular weight is 980 g/mol. The molecule has 14 N–H and O–H groups in total. The van der Waals surface area contributed by atoms with Crippen molar-refractivity contribution in [2.45, 2.75) is 35.6 Å². The second-order valence-corrected chi connectivity index (χ2v) is 11.6. The lowest BCUT2D eigenvalue weighted by atomic mass is 10.2. The van der Waals surface area contributed by atoms with E-state index in [1.54, 1.807) is 48.5 Å². The van der Waals surface area contributed by atoms with Crippen LogP contribution in [0.2, 0.25) is 0 Å². The average Bonchev–Trinajstić information content (AvgIpc) is 3.25. The number of aryl methyl sites for hydroxylation is 3. The first-order valence-corrected chi connectivity index (χ1v) is 17.4. The van der Waals surface area contributed by atoms with Gasteiger partial charge in [-0.05, 0) is 68.8 Å². The molecule has 0 bridgehead atoms. The van der Waals surface area contributed by atoms with Crippen LogP contribution in [0.1, 0.15) is 52.3 Å². The molecule has 1 amide bonds. The third kappa shape index (κ3) is 42.3. The van der Waals surface area contributed by atoms with Crippen LogP contribution in [-0.4, -0.2) is 105 Å². The Kier molecular flexibility index (Phi) is 46.6. The molecule has 5 rings (SSSR count). The van der Waals surface area contributed by atoms with Crippen LogP contribution in [0, 0.1) is 30.9 Å². The standard InChI is InChI=1S/C14H13NO.C7H5ClO.C7H7NO2.C7H9N.3C2H2O4.CH2O2.2CH4.2H2O/c1-11-7-9-13(10-8-11)15-14(16)12-5-3-2-4-6-12;8-7(9)6-4-2-1-3-5-6;1-6-2-4-7(5-3-6)8(9)10;1-6-2-4-7(8)5-3-6;3*3-1(4)2(5)6;2-1-3;;;;/h2-10H,1H3,(H,15,16);1-5H;2-5H,1H3;2-5H,8H2,1H3;3*(H,3,4)(H,5,6);1H,(H,2,3);2*1H4;2*1H2. The molecule has 372 valence electrons. The lowest BCUT2D eigenvalue weighted by Gasteiger charge is -2.05. The van der Waals surface area contributed by atoms with E-state index < -0.39 is 46.0 Å². The summed E-state index contributed by atoms with van der Waals surface area (Å²) in [5.74, 6) is -11.0. The Hall–Kier alpha value is -9.06. The minimum absolute atomic E-state index is 0. The maximum Gasteiger partial charge on any atom is 0.414 e. The Morgan fingerprint density at radius 1 is 0.529 bits per heavy atom. The van der Waals surface area contributed by atoms with Gasteiger partial charge in [-0.3, -0.25) is 24.5 Å². The monoisotopic (exact) mass is 979 g/mol. The van der Waals surface area contributed by atoms with Crippen molar-refractivity contribution in [3.05, 3.63) is 171 Å². The molecule has 0 atom stereocenters. The van der Waals surface area contributed by atoms with Crippen LogP contribution in [-0.2, 0) is 33.6 Å². The van der Waals surface area contributed by atoms with Gasteiger partial charge in [0.15, 0.2) is 0 Å². The fraction of sp³-hybridized carbons (Fsp3) is 0.114. The number of carboxylic acid groups (broad SMARTS) is 7. The Balaban J connectivity index is -0.000000129. The van der Waals surface area contributed by atoms with Gasteiger partial charge in [-0.25, -0.2) is 28.8 Å². The predicted octanol–water partition coefficient (Wildman–Crippen LogP) is 5.58. The molecule has 0 saturated heterocycles. The van der Waals surface area contributed by atoms with Crippen LogP contribution < -0.4 is 11.1 Å². The van der Waals surface area contributed by atoms with Crippen molar-refractivity contribution in [3.8, 4) is 0 Å². The number of nitro groups is 1. The molecular formula is C44H54ClN3O20. The van der Waals surface area contributed by atoms with Gasteiger partial charge in [0.05, 0.1) is 4.92 Å². The number of carbonyl (C=O) groups is 9. The first kappa shape index (κ1) is 73.3. The summed E-state index contributed by atoms with van der Waals surface area (Å²) in [5, 5.41) is 63.8. The molecule has 0 radical (unpaired) electrons. The Labute approximate surface area is 394 Å². The number of anilines is 2. The third-order valence-corrected chi connectivity index (χ3v) is 6.44. The van der Waals surface area contributed by atoms with Gasteiger partial charge in [0, 0.05) is 34.6 Å². The summed E-state index contributed by atoms with van der Waals surface area (Å²) in [6.45, 7) is 5.70. The Morgan fingerprint density at radius 3 is 1.03 bits per heavy atom. The molecule has 0 aliphatic carbocycles. The zero-order valence-electron chi connectivity index (χ0n) is 34.8. The summed E-state index contributed by atoms with van der Waals surface area (Å²) in [6, 6.07) is 39.9. The van der Waals surface area contributed by atoms with Crippen molar-refractivity contribution in [2.75, 3.05) is 11.1 Å². The van der Waals surface area contributed by atoms with Crippen LogP contribution in [0.3, 0.4) is 0 Å². The van der Waals surface area contributed by atoms with Gasteiger partial charge < -0.3 is 57.7 Å². The van der Waals surface area contributed by atoms with Crippen molar-refractivity contribution in [2.24, 2.45) is 0 Å². The third-order valence-electron chi connectivity index (χ3n) is 6.22. The second-order valence-electron chi connectivity index (χ2n) is 11.3. The lowest BCUT2D eigenvalue weighted by molar-refractivity contribution is -0.384. The predicted molar refractivity (Wildman–Crippen MR) is 251 cm³/mol. The number of carboxylic acids is 6. The minimum Gasteiger partial charge on any atom is -0.483 e. The van der Waals surface area contributed by atoms with E-state index in [-0.39, 0.29) is 43.9 Å². The molecule has 0 saturated carbocycles. The summed E-state index contributed by atoms with van der Waals surface area (Å²) in [4.78, 5) is 94.9. The number of rotatable bonds is 4. The number of nitro benzene ring substituents is 1. The van der Waals surface area contributed by atoms with Crippen LogP contribution in [0.4, 0.5) is 17.1 Å². The number of nitrogens with one attached hydrogen (secondary N) is 1. The first-order valence-electron chi connectivity index (χ1n) is 17.1. The van der Waals surface area contributed by atoms with Crippen molar-refractivity contribution in [1.29, 1.82) is 0 Å². The van der Waals surface area contributed by atoms with E-state index in [2.05, 4.69) is 5.32 Å². The van der Waals surface area contributed by atoms with Gasteiger partial charge in [0.2, 0.25) is 0 Å². The number of carbonyl (C=O) groups excluding carboxylic acids is 2. The zero-order valence-corrected chi connectivity index (χ0v) is 35.6. The number of hydrogen-bond donors (Lipinski definition) is 9. The van der Waals surface area contributed by atoms with Crippen molar-refractivity contribution < 1.29 is 94.8 Å². The number of halogens is 1. The van der Waals surface area contributed by atoms with Crippen LogP contribution >= 0.6 is 11.6 Å². The van der Waals surface area contributed by atoms with E-state index in [1.807, 2.05) is 93.6 Å². The van der Waals surface area contributed by atoms with E-state index >= 15 is 0 Å². The molecular weight excluding hydrogens is 926 g/mol. The summed E-state index contributed by atoms with van der Waals surface area (Å²) in [6.07, 6.45) is 0.